The highest BCUT2D eigenvalue weighted by molar-refractivity contribution is 7.89. The molecule has 0 N–H and O–H groups in total. The van der Waals surface area contributed by atoms with Crippen molar-refractivity contribution in [2.75, 3.05) is 26.2 Å². The number of hydrogen-bond donors (Lipinski definition) is 0. The van der Waals surface area contributed by atoms with E-state index in [-0.39, 0.29) is 0 Å². The van der Waals surface area contributed by atoms with E-state index in [0.717, 1.165) is 26.2 Å². The zero-order valence-corrected chi connectivity index (χ0v) is 16.1. The van der Waals surface area contributed by atoms with E-state index in [2.05, 4.69) is 28.9 Å². The van der Waals surface area contributed by atoms with Gasteiger partial charge in [0.25, 0.3) is 0 Å². The minimum absolute atomic E-state index is 0.309. The van der Waals surface area contributed by atoms with Gasteiger partial charge in [0.15, 0.2) is 0 Å². The molecule has 1 aliphatic rings. The molecule has 0 spiro atoms. The second-order valence-electron chi connectivity index (χ2n) is 6.47. The van der Waals surface area contributed by atoms with Crippen LogP contribution in [0.15, 0.2) is 17.3 Å². The molecule has 2 aromatic heterocycles. The van der Waals surface area contributed by atoms with Crippen molar-refractivity contribution in [3.8, 4) is 0 Å². The number of aryl methyl sites for hydroxylation is 2. The second kappa shape index (κ2) is 6.89. The molecule has 0 amide bonds. The van der Waals surface area contributed by atoms with Crippen LogP contribution in [0.2, 0.25) is 0 Å². The zero-order chi connectivity index (χ0) is 18.2. The van der Waals surface area contributed by atoms with Crippen molar-refractivity contribution in [2.45, 2.75) is 38.8 Å². The van der Waals surface area contributed by atoms with Crippen LogP contribution in [0.5, 0.6) is 0 Å². The van der Waals surface area contributed by atoms with Crippen LogP contribution in [-0.4, -0.2) is 63.4 Å². The molecule has 2 aromatic rings. The summed E-state index contributed by atoms with van der Waals surface area (Å²) >= 11 is 0. The van der Waals surface area contributed by atoms with Gasteiger partial charge in [-0.3, -0.25) is 14.3 Å². The number of hydrogen-bond acceptors (Lipinski definition) is 5. The summed E-state index contributed by atoms with van der Waals surface area (Å²) < 4.78 is 30.8. The van der Waals surface area contributed by atoms with Gasteiger partial charge in [0.2, 0.25) is 10.0 Å². The Labute approximate surface area is 149 Å². The normalized spacial score (nSPS) is 17.3. The number of aromatic nitrogens is 4. The highest BCUT2D eigenvalue weighted by Crippen LogP contribution is 2.21. The maximum Gasteiger partial charge on any atom is 0.246 e. The molecule has 0 radical (unpaired) electrons. The lowest BCUT2D eigenvalue weighted by Gasteiger charge is -2.33. The predicted molar refractivity (Wildman–Crippen MR) is 94.6 cm³/mol. The topological polar surface area (TPSA) is 76.3 Å². The number of piperazine rings is 1. The molecule has 0 saturated carbocycles. The Balaban J connectivity index is 1.65. The van der Waals surface area contributed by atoms with Crippen molar-refractivity contribution in [3.05, 3.63) is 29.3 Å². The van der Waals surface area contributed by atoms with E-state index >= 15 is 0 Å². The molecule has 0 bridgehead atoms. The third-order valence-electron chi connectivity index (χ3n) is 5.04. The molecule has 138 valence electrons. The van der Waals surface area contributed by atoms with Crippen molar-refractivity contribution in [1.82, 2.24) is 28.8 Å². The van der Waals surface area contributed by atoms with Crippen LogP contribution in [0.4, 0.5) is 0 Å². The monoisotopic (exact) mass is 366 g/mol. The summed E-state index contributed by atoms with van der Waals surface area (Å²) in [7, 11) is -1.71. The third-order valence-corrected chi connectivity index (χ3v) is 7.04. The first-order chi connectivity index (χ1) is 11.8. The van der Waals surface area contributed by atoms with E-state index in [1.165, 1.54) is 17.5 Å². The van der Waals surface area contributed by atoms with Crippen LogP contribution in [-0.2, 0) is 30.2 Å². The molecular formula is C16H26N6O2S. The smallest absolute Gasteiger partial charge is 0.246 e. The molecule has 8 nitrogen and oxygen atoms in total. The van der Waals surface area contributed by atoms with Gasteiger partial charge in [-0.2, -0.15) is 14.5 Å². The van der Waals surface area contributed by atoms with Crippen molar-refractivity contribution < 1.29 is 8.42 Å². The minimum Gasteiger partial charge on any atom is -0.296 e. The van der Waals surface area contributed by atoms with Crippen LogP contribution in [0.3, 0.4) is 0 Å². The lowest BCUT2D eigenvalue weighted by Crippen LogP contribution is -2.48. The fraction of sp³-hybridized carbons (Fsp3) is 0.625. The van der Waals surface area contributed by atoms with Crippen LogP contribution >= 0.6 is 0 Å². The highest BCUT2D eigenvalue weighted by Gasteiger charge is 2.31. The summed E-state index contributed by atoms with van der Waals surface area (Å²) in [6.45, 7) is 10.0. The van der Waals surface area contributed by atoms with Crippen molar-refractivity contribution in [3.63, 3.8) is 0 Å². The lowest BCUT2D eigenvalue weighted by atomic mass is 10.2. The first-order valence-electron chi connectivity index (χ1n) is 8.57. The molecule has 1 fully saturated rings. The van der Waals surface area contributed by atoms with Crippen LogP contribution in [0.1, 0.15) is 23.9 Å². The van der Waals surface area contributed by atoms with E-state index < -0.39 is 10.0 Å². The molecule has 3 rings (SSSR count). The Hall–Kier alpha value is -1.71. The second-order valence-corrected chi connectivity index (χ2v) is 8.38. The first-order valence-corrected chi connectivity index (χ1v) is 10.0. The van der Waals surface area contributed by atoms with Gasteiger partial charge in [0.05, 0.1) is 18.1 Å². The molecule has 0 unspecified atom stereocenters. The Morgan fingerprint density at radius 3 is 2.24 bits per heavy atom. The molecule has 1 saturated heterocycles. The average Bonchev–Trinajstić information content (AvgIpc) is 3.12. The molecule has 9 heteroatoms. The zero-order valence-electron chi connectivity index (χ0n) is 15.3. The van der Waals surface area contributed by atoms with Crippen molar-refractivity contribution in [2.24, 2.45) is 7.05 Å². The van der Waals surface area contributed by atoms with Crippen molar-refractivity contribution in [1.29, 1.82) is 0 Å². The molecule has 25 heavy (non-hydrogen) atoms. The average molecular weight is 366 g/mol. The number of nitrogens with zero attached hydrogens (tertiary/aromatic N) is 6. The van der Waals surface area contributed by atoms with E-state index in [9.17, 15) is 8.42 Å². The lowest BCUT2D eigenvalue weighted by molar-refractivity contribution is 0.181. The molecule has 0 aliphatic carbocycles. The molecule has 0 atom stereocenters. The third kappa shape index (κ3) is 3.36. The van der Waals surface area contributed by atoms with Gasteiger partial charge < -0.3 is 0 Å². The van der Waals surface area contributed by atoms with Crippen LogP contribution in [0.25, 0.3) is 0 Å². The van der Waals surface area contributed by atoms with E-state index in [0.29, 0.717) is 23.7 Å². The summed E-state index contributed by atoms with van der Waals surface area (Å²) in [5, 5.41) is 8.44. The van der Waals surface area contributed by atoms with Gasteiger partial charge in [-0.1, -0.05) is 0 Å². The predicted octanol–water partition coefficient (Wildman–Crippen LogP) is 0.760. The fourth-order valence-electron chi connectivity index (χ4n) is 3.20. The molecule has 0 aromatic carbocycles. The number of rotatable bonds is 5. The first kappa shape index (κ1) is 18.1. The van der Waals surface area contributed by atoms with Gasteiger partial charge in [0, 0.05) is 57.6 Å². The summed E-state index contributed by atoms with van der Waals surface area (Å²) in [6.07, 6.45) is 3.36. The fourth-order valence-corrected chi connectivity index (χ4v) is 4.81. The molecule has 3 heterocycles. The quantitative estimate of drug-likeness (QED) is 0.781. The van der Waals surface area contributed by atoms with Crippen LogP contribution < -0.4 is 0 Å². The van der Waals surface area contributed by atoms with E-state index in [1.54, 1.807) is 23.0 Å². The number of sulfonamides is 1. The van der Waals surface area contributed by atoms with Crippen LogP contribution in [0, 0.1) is 13.8 Å². The van der Waals surface area contributed by atoms with Gasteiger partial charge in [0.1, 0.15) is 4.90 Å². The SMILES string of the molecule is CCn1ncc(CN2CCN(S(=O)(=O)c3cnn(C)c3C)CC2)c1C. The van der Waals surface area contributed by atoms with E-state index in [4.69, 9.17) is 0 Å². The van der Waals surface area contributed by atoms with Gasteiger partial charge in [-0.15, -0.1) is 0 Å². The summed E-state index contributed by atoms with van der Waals surface area (Å²) in [4.78, 5) is 2.59. The van der Waals surface area contributed by atoms with Gasteiger partial charge in [-0.05, 0) is 20.8 Å². The Morgan fingerprint density at radius 1 is 1.04 bits per heavy atom. The Morgan fingerprint density at radius 2 is 1.72 bits per heavy atom. The minimum atomic E-state index is -3.47. The summed E-state index contributed by atoms with van der Waals surface area (Å²) in [5.41, 5.74) is 3.06. The Kier molecular flexibility index (Phi) is 4.99. The van der Waals surface area contributed by atoms with E-state index in [1.807, 2.05) is 10.9 Å². The maximum absolute atomic E-state index is 12.8. The summed E-state index contributed by atoms with van der Waals surface area (Å²) in [6, 6.07) is 0. The van der Waals surface area contributed by atoms with Gasteiger partial charge >= 0.3 is 0 Å². The molecular weight excluding hydrogens is 340 g/mol. The Bertz CT molecular complexity index is 846. The summed E-state index contributed by atoms with van der Waals surface area (Å²) in [5.74, 6) is 0. The largest absolute Gasteiger partial charge is 0.296 e. The highest BCUT2D eigenvalue weighted by atomic mass is 32.2. The van der Waals surface area contributed by atoms with Gasteiger partial charge in [-0.25, -0.2) is 8.42 Å². The molecule has 1 aliphatic heterocycles. The standard InChI is InChI=1S/C16H26N6O2S/c1-5-22-13(2)15(10-18-22)12-20-6-8-21(9-7-20)25(23,24)16-11-17-19(4)14(16)3/h10-11H,5-9,12H2,1-4H3. The van der Waals surface area contributed by atoms with Crippen molar-refractivity contribution >= 4 is 10.0 Å². The maximum atomic E-state index is 12.8.